The molecule has 0 saturated carbocycles. The standard InChI is InChI=1S/C15H16FN5/c16-12-1-3-13(4-2-12)20-9-11(8-17)5-10-6-14(18)21-15(19)7-10/h1-4,6-9,17,20H,5H2,(H4,18,19,21)/b11-9-,17-8?. The second-order valence-corrected chi connectivity index (χ2v) is 4.52. The van der Waals surface area contributed by atoms with Gasteiger partial charge in [-0.25, -0.2) is 9.37 Å². The van der Waals surface area contributed by atoms with Crippen molar-refractivity contribution < 1.29 is 4.39 Å². The Hall–Kier alpha value is -2.89. The molecular weight excluding hydrogens is 269 g/mol. The molecule has 0 amide bonds. The van der Waals surface area contributed by atoms with Crippen LogP contribution in [0, 0.1) is 11.2 Å². The van der Waals surface area contributed by atoms with E-state index >= 15 is 0 Å². The summed E-state index contributed by atoms with van der Waals surface area (Å²) < 4.78 is 12.8. The molecule has 2 rings (SSSR count). The Labute approximate surface area is 122 Å². The van der Waals surface area contributed by atoms with Gasteiger partial charge in [-0.2, -0.15) is 0 Å². The lowest BCUT2D eigenvalue weighted by atomic mass is 10.1. The molecule has 6 N–H and O–H groups in total. The lowest BCUT2D eigenvalue weighted by Crippen LogP contribution is -2.01. The molecule has 0 radical (unpaired) electrons. The van der Waals surface area contributed by atoms with E-state index < -0.39 is 0 Å². The summed E-state index contributed by atoms with van der Waals surface area (Å²) in [7, 11) is 0. The fourth-order valence-electron chi connectivity index (χ4n) is 1.84. The van der Waals surface area contributed by atoms with Crippen LogP contribution in [0.25, 0.3) is 0 Å². The summed E-state index contributed by atoms with van der Waals surface area (Å²) in [6, 6.07) is 9.40. The number of anilines is 3. The molecule has 0 aliphatic heterocycles. The summed E-state index contributed by atoms with van der Waals surface area (Å²) in [6.07, 6.45) is 3.42. The molecule has 5 nitrogen and oxygen atoms in total. The number of pyridine rings is 1. The molecule has 1 aromatic heterocycles. The van der Waals surface area contributed by atoms with Crippen LogP contribution in [0.1, 0.15) is 5.56 Å². The smallest absolute Gasteiger partial charge is 0.126 e. The number of aromatic nitrogens is 1. The Balaban J connectivity index is 2.10. The zero-order chi connectivity index (χ0) is 15.2. The quantitative estimate of drug-likeness (QED) is 0.634. The van der Waals surface area contributed by atoms with Gasteiger partial charge in [0.25, 0.3) is 0 Å². The Morgan fingerprint density at radius 3 is 2.38 bits per heavy atom. The Morgan fingerprint density at radius 2 is 1.81 bits per heavy atom. The van der Waals surface area contributed by atoms with Crippen molar-refractivity contribution >= 4 is 23.5 Å². The maximum absolute atomic E-state index is 12.8. The maximum atomic E-state index is 12.8. The number of nitrogens with one attached hydrogen (secondary N) is 2. The van der Waals surface area contributed by atoms with Gasteiger partial charge in [0, 0.05) is 24.5 Å². The first-order valence-electron chi connectivity index (χ1n) is 6.30. The van der Waals surface area contributed by atoms with Gasteiger partial charge >= 0.3 is 0 Å². The number of halogens is 1. The first kappa shape index (κ1) is 14.5. The highest BCUT2D eigenvalue weighted by atomic mass is 19.1. The van der Waals surface area contributed by atoms with Crippen molar-refractivity contribution in [1.82, 2.24) is 4.98 Å². The van der Waals surface area contributed by atoms with E-state index in [1.165, 1.54) is 18.3 Å². The molecule has 1 heterocycles. The molecule has 0 fully saturated rings. The Kier molecular flexibility index (Phi) is 4.50. The van der Waals surface area contributed by atoms with Crippen LogP contribution >= 0.6 is 0 Å². The molecule has 0 aliphatic rings. The molecule has 2 aromatic rings. The van der Waals surface area contributed by atoms with Crippen LogP contribution in [0.15, 0.2) is 48.2 Å². The van der Waals surface area contributed by atoms with Crippen LogP contribution in [0.4, 0.5) is 21.7 Å². The number of nitrogen functional groups attached to an aromatic ring is 2. The van der Waals surface area contributed by atoms with Crippen LogP contribution in [-0.4, -0.2) is 11.2 Å². The molecule has 0 saturated heterocycles. The molecule has 108 valence electrons. The fourth-order valence-corrected chi connectivity index (χ4v) is 1.84. The predicted molar refractivity (Wildman–Crippen MR) is 83.7 cm³/mol. The van der Waals surface area contributed by atoms with Gasteiger partial charge in [-0.1, -0.05) is 0 Å². The predicted octanol–water partition coefficient (Wildman–Crippen LogP) is 2.57. The first-order valence-corrected chi connectivity index (χ1v) is 6.30. The molecule has 0 aliphatic carbocycles. The number of nitrogens with zero attached hydrogens (tertiary/aromatic N) is 1. The Bertz CT molecular complexity index is 644. The van der Waals surface area contributed by atoms with E-state index in [1.54, 1.807) is 30.5 Å². The monoisotopic (exact) mass is 285 g/mol. The third-order valence-corrected chi connectivity index (χ3v) is 2.79. The van der Waals surface area contributed by atoms with Gasteiger partial charge in [0.2, 0.25) is 0 Å². The van der Waals surface area contributed by atoms with Crippen molar-refractivity contribution in [3.63, 3.8) is 0 Å². The number of allylic oxidation sites excluding steroid dienone is 1. The molecule has 1 aromatic carbocycles. The van der Waals surface area contributed by atoms with Gasteiger partial charge in [0.1, 0.15) is 17.5 Å². The number of rotatable bonds is 5. The van der Waals surface area contributed by atoms with E-state index in [0.717, 1.165) is 16.8 Å². The molecule has 0 unspecified atom stereocenters. The van der Waals surface area contributed by atoms with Crippen molar-refractivity contribution in [1.29, 1.82) is 5.41 Å². The summed E-state index contributed by atoms with van der Waals surface area (Å²) in [5.41, 5.74) is 13.6. The minimum atomic E-state index is -0.292. The van der Waals surface area contributed by atoms with E-state index in [2.05, 4.69) is 10.3 Å². The minimum absolute atomic E-state index is 0.292. The van der Waals surface area contributed by atoms with Gasteiger partial charge < -0.3 is 22.2 Å². The average Bonchev–Trinajstić information content (AvgIpc) is 2.44. The lowest BCUT2D eigenvalue weighted by molar-refractivity contribution is 0.628. The third kappa shape index (κ3) is 4.31. The number of benzene rings is 1. The minimum Gasteiger partial charge on any atom is -0.384 e. The first-order chi connectivity index (χ1) is 10.1. The fraction of sp³-hybridized carbons (Fsp3) is 0.0667. The van der Waals surface area contributed by atoms with Crippen LogP contribution in [-0.2, 0) is 6.42 Å². The topological polar surface area (TPSA) is 101 Å². The molecule has 0 spiro atoms. The summed E-state index contributed by atoms with van der Waals surface area (Å²) >= 11 is 0. The van der Waals surface area contributed by atoms with Crippen molar-refractivity contribution in [2.24, 2.45) is 0 Å². The molecular formula is C15H16FN5. The van der Waals surface area contributed by atoms with E-state index in [9.17, 15) is 4.39 Å². The third-order valence-electron chi connectivity index (χ3n) is 2.79. The highest BCUT2D eigenvalue weighted by Crippen LogP contribution is 2.14. The average molecular weight is 285 g/mol. The van der Waals surface area contributed by atoms with Crippen molar-refractivity contribution in [3.05, 3.63) is 59.6 Å². The molecule has 0 atom stereocenters. The van der Waals surface area contributed by atoms with E-state index in [4.69, 9.17) is 16.9 Å². The van der Waals surface area contributed by atoms with Crippen LogP contribution < -0.4 is 16.8 Å². The summed E-state index contributed by atoms with van der Waals surface area (Å²) in [5, 5.41) is 10.5. The van der Waals surface area contributed by atoms with Crippen LogP contribution in [0.5, 0.6) is 0 Å². The van der Waals surface area contributed by atoms with Gasteiger partial charge in [-0.3, -0.25) is 0 Å². The normalized spacial score (nSPS) is 11.2. The van der Waals surface area contributed by atoms with Crippen LogP contribution in [0.2, 0.25) is 0 Å². The largest absolute Gasteiger partial charge is 0.384 e. The highest BCUT2D eigenvalue weighted by Gasteiger charge is 2.01. The van der Waals surface area contributed by atoms with Crippen molar-refractivity contribution in [3.8, 4) is 0 Å². The summed E-state index contributed by atoms with van der Waals surface area (Å²) in [5.74, 6) is 0.404. The molecule has 6 heteroatoms. The van der Waals surface area contributed by atoms with Crippen molar-refractivity contribution in [2.45, 2.75) is 6.42 Å². The SMILES string of the molecule is N=C/C(=C\Nc1ccc(F)cc1)Cc1cc(N)nc(N)c1. The lowest BCUT2D eigenvalue weighted by Gasteiger charge is -2.06. The number of hydrogen-bond acceptors (Lipinski definition) is 5. The van der Waals surface area contributed by atoms with E-state index in [0.29, 0.717) is 18.1 Å². The van der Waals surface area contributed by atoms with Crippen molar-refractivity contribution in [2.75, 3.05) is 16.8 Å². The second-order valence-electron chi connectivity index (χ2n) is 4.52. The van der Waals surface area contributed by atoms with Gasteiger partial charge in [-0.05, 0) is 47.5 Å². The van der Waals surface area contributed by atoms with Gasteiger partial charge in [0.15, 0.2) is 0 Å². The molecule has 0 bridgehead atoms. The zero-order valence-electron chi connectivity index (χ0n) is 11.3. The zero-order valence-corrected chi connectivity index (χ0v) is 11.3. The van der Waals surface area contributed by atoms with Gasteiger partial charge in [0.05, 0.1) is 0 Å². The molecule has 21 heavy (non-hydrogen) atoms. The van der Waals surface area contributed by atoms with Crippen LogP contribution in [0.3, 0.4) is 0 Å². The van der Waals surface area contributed by atoms with E-state index in [1.807, 2.05) is 0 Å². The second kappa shape index (κ2) is 6.51. The van der Waals surface area contributed by atoms with Gasteiger partial charge in [-0.15, -0.1) is 0 Å². The maximum Gasteiger partial charge on any atom is 0.126 e. The van der Waals surface area contributed by atoms with E-state index in [-0.39, 0.29) is 5.82 Å². The number of hydrogen-bond donors (Lipinski definition) is 4. The highest BCUT2D eigenvalue weighted by molar-refractivity contribution is 5.77. The summed E-state index contributed by atoms with van der Waals surface area (Å²) in [4.78, 5) is 3.90. The summed E-state index contributed by atoms with van der Waals surface area (Å²) in [6.45, 7) is 0. The Morgan fingerprint density at radius 1 is 1.19 bits per heavy atom. The number of nitrogens with two attached hydrogens (primary N) is 2.